The Morgan fingerprint density at radius 1 is 1.03 bits per heavy atom. The van der Waals surface area contributed by atoms with Crippen molar-refractivity contribution >= 4 is 21.6 Å². The smallest absolute Gasteiger partial charge is 0.243 e. The molecule has 0 radical (unpaired) electrons. The lowest BCUT2D eigenvalue weighted by molar-refractivity contribution is -0.121. The van der Waals surface area contributed by atoms with Crippen LogP contribution in [0, 0.1) is 0 Å². The molecule has 1 atom stereocenters. The molecule has 31 heavy (non-hydrogen) atoms. The second kappa shape index (κ2) is 11.2. The number of anilines is 1. The van der Waals surface area contributed by atoms with Crippen LogP contribution in [-0.4, -0.2) is 39.8 Å². The zero-order valence-corrected chi connectivity index (χ0v) is 19.9. The number of hydrogen-bond donors (Lipinski definition) is 1. The molecule has 0 heterocycles. The van der Waals surface area contributed by atoms with Crippen molar-refractivity contribution in [2.75, 3.05) is 23.7 Å². The van der Waals surface area contributed by atoms with Crippen LogP contribution in [0.5, 0.6) is 5.75 Å². The highest BCUT2D eigenvalue weighted by Crippen LogP contribution is 2.24. The van der Waals surface area contributed by atoms with E-state index >= 15 is 0 Å². The lowest BCUT2D eigenvalue weighted by Gasteiger charge is -2.28. The van der Waals surface area contributed by atoms with Crippen LogP contribution in [0.25, 0.3) is 0 Å². The molecule has 2 rings (SSSR count). The third-order valence-corrected chi connectivity index (χ3v) is 6.32. The van der Waals surface area contributed by atoms with Gasteiger partial charge in [-0.3, -0.25) is 9.10 Å². The van der Waals surface area contributed by atoms with Gasteiger partial charge in [0.2, 0.25) is 15.9 Å². The molecular weight excluding hydrogens is 412 g/mol. The fraction of sp³-hybridized carbons (Fsp3) is 0.458. The van der Waals surface area contributed by atoms with E-state index in [1.54, 1.807) is 31.2 Å². The highest BCUT2D eigenvalue weighted by molar-refractivity contribution is 7.92. The molecule has 0 saturated carbocycles. The number of carbonyl (C=O) groups excluding carboxylic acids is 1. The molecular formula is C24H34N2O4S. The molecule has 0 aliphatic heterocycles. The van der Waals surface area contributed by atoms with Gasteiger partial charge < -0.3 is 10.1 Å². The molecule has 0 spiro atoms. The van der Waals surface area contributed by atoms with Gasteiger partial charge in [0.25, 0.3) is 0 Å². The van der Waals surface area contributed by atoms with E-state index in [9.17, 15) is 13.2 Å². The fourth-order valence-electron chi connectivity index (χ4n) is 3.39. The standard InChI is InChI=1S/C24H34N2O4S/c1-6-30-23-15-13-22(14-16-23)26(31(5,28)29)19(4)24(27)25-17-7-8-20-9-11-21(12-10-20)18(2)3/h9-16,18-19H,6-8,17H2,1-5H3,(H,25,27). The largest absolute Gasteiger partial charge is 0.494 e. The number of nitrogens with zero attached hydrogens (tertiary/aromatic N) is 1. The van der Waals surface area contributed by atoms with E-state index < -0.39 is 16.1 Å². The molecule has 6 nitrogen and oxygen atoms in total. The van der Waals surface area contributed by atoms with E-state index in [0.717, 1.165) is 23.4 Å². The average Bonchev–Trinajstić information content (AvgIpc) is 2.72. The Hall–Kier alpha value is -2.54. The van der Waals surface area contributed by atoms with E-state index in [4.69, 9.17) is 4.74 Å². The van der Waals surface area contributed by atoms with Crippen LogP contribution in [0.15, 0.2) is 48.5 Å². The van der Waals surface area contributed by atoms with E-state index in [-0.39, 0.29) is 5.91 Å². The highest BCUT2D eigenvalue weighted by Gasteiger charge is 2.28. The van der Waals surface area contributed by atoms with Crippen LogP contribution >= 0.6 is 0 Å². The van der Waals surface area contributed by atoms with Crippen LogP contribution in [0.1, 0.15) is 51.2 Å². The Kier molecular flexibility index (Phi) is 8.92. The van der Waals surface area contributed by atoms with Crippen LogP contribution in [-0.2, 0) is 21.2 Å². The van der Waals surface area contributed by atoms with Crippen LogP contribution in [0.3, 0.4) is 0 Å². The predicted octanol–water partition coefficient (Wildman–Crippen LogP) is 4.11. The lowest BCUT2D eigenvalue weighted by atomic mass is 10.0. The number of nitrogens with one attached hydrogen (secondary N) is 1. The summed E-state index contributed by atoms with van der Waals surface area (Å²) in [6.45, 7) is 8.81. The van der Waals surface area contributed by atoms with E-state index in [1.165, 1.54) is 11.1 Å². The summed E-state index contributed by atoms with van der Waals surface area (Å²) in [5, 5.41) is 2.87. The summed E-state index contributed by atoms with van der Waals surface area (Å²) < 4.78 is 31.3. The van der Waals surface area contributed by atoms with E-state index in [2.05, 4.69) is 43.4 Å². The molecule has 0 aliphatic rings. The predicted molar refractivity (Wildman–Crippen MR) is 126 cm³/mol. The van der Waals surface area contributed by atoms with Gasteiger partial charge in [-0.25, -0.2) is 8.42 Å². The maximum atomic E-state index is 12.7. The van der Waals surface area contributed by atoms with Gasteiger partial charge in [0.15, 0.2) is 0 Å². The number of benzene rings is 2. The molecule has 0 fully saturated rings. The summed E-state index contributed by atoms with van der Waals surface area (Å²) in [6.07, 6.45) is 2.73. The second-order valence-electron chi connectivity index (χ2n) is 7.95. The van der Waals surface area contributed by atoms with E-state index in [1.807, 2.05) is 6.92 Å². The molecule has 0 saturated heterocycles. The van der Waals surface area contributed by atoms with Crippen molar-refractivity contribution in [3.63, 3.8) is 0 Å². The van der Waals surface area contributed by atoms with Crippen molar-refractivity contribution in [2.24, 2.45) is 0 Å². The van der Waals surface area contributed by atoms with Crippen molar-refractivity contribution in [2.45, 2.75) is 52.5 Å². The Labute approximate surface area is 186 Å². The van der Waals surface area contributed by atoms with Gasteiger partial charge in [-0.2, -0.15) is 0 Å². The summed E-state index contributed by atoms with van der Waals surface area (Å²) >= 11 is 0. The third-order valence-electron chi connectivity index (χ3n) is 5.08. The molecule has 170 valence electrons. The number of amides is 1. The number of aryl methyl sites for hydroxylation is 1. The maximum absolute atomic E-state index is 12.7. The number of ether oxygens (including phenoxy) is 1. The number of sulfonamides is 1. The Balaban J connectivity index is 1.95. The molecule has 7 heteroatoms. The molecule has 1 unspecified atom stereocenters. The average molecular weight is 447 g/mol. The zero-order chi connectivity index (χ0) is 23.0. The quantitative estimate of drug-likeness (QED) is 0.527. The monoisotopic (exact) mass is 446 g/mol. The Bertz CT molecular complexity index is 939. The first-order chi connectivity index (χ1) is 14.6. The zero-order valence-electron chi connectivity index (χ0n) is 19.1. The minimum Gasteiger partial charge on any atom is -0.494 e. The molecule has 2 aromatic carbocycles. The molecule has 0 bridgehead atoms. The van der Waals surface area contributed by atoms with Crippen molar-refractivity contribution in [3.8, 4) is 5.75 Å². The van der Waals surface area contributed by atoms with Gasteiger partial charge in [-0.15, -0.1) is 0 Å². The summed E-state index contributed by atoms with van der Waals surface area (Å²) in [5.74, 6) is 0.829. The van der Waals surface area contributed by atoms with Crippen LogP contribution in [0.4, 0.5) is 5.69 Å². The summed E-state index contributed by atoms with van der Waals surface area (Å²) in [7, 11) is -3.64. The van der Waals surface area contributed by atoms with Gasteiger partial charge >= 0.3 is 0 Å². The van der Waals surface area contributed by atoms with Crippen molar-refractivity contribution < 1.29 is 17.9 Å². The fourth-order valence-corrected chi connectivity index (χ4v) is 4.56. The number of carbonyl (C=O) groups is 1. The van der Waals surface area contributed by atoms with Gasteiger partial charge in [0, 0.05) is 6.54 Å². The van der Waals surface area contributed by atoms with Gasteiger partial charge in [0.1, 0.15) is 11.8 Å². The molecule has 0 aromatic heterocycles. The first-order valence-electron chi connectivity index (χ1n) is 10.7. The van der Waals surface area contributed by atoms with Crippen LogP contribution in [0.2, 0.25) is 0 Å². The van der Waals surface area contributed by atoms with Crippen molar-refractivity contribution in [3.05, 3.63) is 59.7 Å². The van der Waals surface area contributed by atoms with Crippen LogP contribution < -0.4 is 14.4 Å². The molecule has 1 N–H and O–H groups in total. The number of rotatable bonds is 11. The third kappa shape index (κ3) is 7.28. The van der Waals surface area contributed by atoms with Gasteiger partial charge in [-0.1, -0.05) is 38.1 Å². The van der Waals surface area contributed by atoms with Gasteiger partial charge in [0.05, 0.1) is 18.6 Å². The molecule has 0 aliphatic carbocycles. The second-order valence-corrected chi connectivity index (χ2v) is 9.81. The highest BCUT2D eigenvalue weighted by atomic mass is 32.2. The topological polar surface area (TPSA) is 75.7 Å². The maximum Gasteiger partial charge on any atom is 0.243 e. The normalized spacial score (nSPS) is 12.5. The Morgan fingerprint density at radius 2 is 1.65 bits per heavy atom. The van der Waals surface area contributed by atoms with Gasteiger partial charge in [-0.05, 0) is 68.0 Å². The van der Waals surface area contributed by atoms with E-state index in [0.29, 0.717) is 30.5 Å². The summed E-state index contributed by atoms with van der Waals surface area (Å²) in [4.78, 5) is 12.7. The minimum atomic E-state index is -3.64. The first-order valence-corrected chi connectivity index (χ1v) is 12.6. The SMILES string of the molecule is CCOc1ccc(N(C(C)C(=O)NCCCc2ccc(C(C)C)cc2)S(C)(=O)=O)cc1. The minimum absolute atomic E-state index is 0.325. The van der Waals surface area contributed by atoms with Crippen molar-refractivity contribution in [1.82, 2.24) is 5.32 Å². The summed E-state index contributed by atoms with van der Waals surface area (Å²) in [5.41, 5.74) is 2.96. The number of hydrogen-bond acceptors (Lipinski definition) is 4. The summed E-state index contributed by atoms with van der Waals surface area (Å²) in [6, 6.07) is 14.4. The molecule has 1 amide bonds. The Morgan fingerprint density at radius 3 is 2.16 bits per heavy atom. The first kappa shape index (κ1) is 24.7. The lowest BCUT2D eigenvalue weighted by Crippen LogP contribution is -2.48. The van der Waals surface area contributed by atoms with Crippen molar-refractivity contribution in [1.29, 1.82) is 0 Å². The molecule has 2 aromatic rings.